The van der Waals surface area contributed by atoms with Crippen LogP contribution in [-0.2, 0) is 17.9 Å². The standard InChI is InChI=1S/C19H23N3O.C2HF3O2/c1-13-9-15(10-14(2)18(13)23-4)11-22(3)12-16-5-7-20-19-17(16)6-8-21-19;3-2(4,5)1(6)7/h5-10H,11-12H2,1-4H3,(H,20,21);(H,6,7). The number of alkyl halides is 3. The zero-order valence-corrected chi connectivity index (χ0v) is 17.2. The maximum atomic E-state index is 10.6. The molecule has 0 saturated carbocycles. The molecule has 0 spiro atoms. The zero-order valence-electron chi connectivity index (χ0n) is 17.2. The Morgan fingerprint density at radius 3 is 2.33 bits per heavy atom. The highest BCUT2D eigenvalue weighted by molar-refractivity contribution is 5.79. The minimum Gasteiger partial charge on any atom is -0.496 e. The minimum absolute atomic E-state index is 0.890. The summed E-state index contributed by atoms with van der Waals surface area (Å²) in [5.41, 5.74) is 5.93. The largest absolute Gasteiger partial charge is 0.496 e. The molecule has 0 unspecified atom stereocenters. The Kier molecular flexibility index (Phi) is 7.44. The van der Waals surface area contributed by atoms with E-state index in [9.17, 15) is 13.2 Å². The first kappa shape index (κ1) is 23.2. The SMILES string of the molecule is COc1c(C)cc(CN(C)Cc2ccnc3[nH]ccc23)cc1C.O=C(O)C(F)(F)F. The van der Waals surface area contributed by atoms with Crippen molar-refractivity contribution < 1.29 is 27.8 Å². The quantitative estimate of drug-likeness (QED) is 0.634. The number of aryl methyl sites for hydroxylation is 2. The molecule has 0 aliphatic rings. The third kappa shape index (κ3) is 5.96. The van der Waals surface area contributed by atoms with Crippen molar-refractivity contribution in [2.75, 3.05) is 14.2 Å². The van der Waals surface area contributed by atoms with Crippen LogP contribution in [-0.4, -0.2) is 46.3 Å². The van der Waals surface area contributed by atoms with Gasteiger partial charge in [0.15, 0.2) is 0 Å². The summed E-state index contributed by atoms with van der Waals surface area (Å²) in [6.45, 7) is 5.99. The molecule has 30 heavy (non-hydrogen) atoms. The summed E-state index contributed by atoms with van der Waals surface area (Å²) in [5, 5.41) is 8.32. The van der Waals surface area contributed by atoms with E-state index in [0.717, 1.165) is 24.5 Å². The molecule has 2 aromatic heterocycles. The lowest BCUT2D eigenvalue weighted by molar-refractivity contribution is -0.192. The number of rotatable bonds is 5. The van der Waals surface area contributed by atoms with Gasteiger partial charge in [0.2, 0.25) is 0 Å². The van der Waals surface area contributed by atoms with Crippen LogP contribution in [0.5, 0.6) is 5.75 Å². The van der Waals surface area contributed by atoms with E-state index in [2.05, 4.69) is 60.0 Å². The van der Waals surface area contributed by atoms with Gasteiger partial charge in [0.1, 0.15) is 11.4 Å². The van der Waals surface area contributed by atoms with E-state index in [-0.39, 0.29) is 0 Å². The van der Waals surface area contributed by atoms with E-state index in [4.69, 9.17) is 14.6 Å². The van der Waals surface area contributed by atoms with E-state index in [0.29, 0.717) is 0 Å². The Hall–Kier alpha value is -3.07. The van der Waals surface area contributed by atoms with Crippen molar-refractivity contribution in [1.82, 2.24) is 14.9 Å². The first-order chi connectivity index (χ1) is 14.0. The summed E-state index contributed by atoms with van der Waals surface area (Å²) in [7, 11) is 3.88. The predicted octanol–water partition coefficient (Wildman–Crippen LogP) is 4.45. The first-order valence-corrected chi connectivity index (χ1v) is 9.06. The van der Waals surface area contributed by atoms with Crippen molar-refractivity contribution in [3.63, 3.8) is 0 Å². The average molecular weight is 423 g/mol. The van der Waals surface area contributed by atoms with Gasteiger partial charge in [-0.15, -0.1) is 0 Å². The van der Waals surface area contributed by atoms with Gasteiger partial charge in [0, 0.05) is 30.9 Å². The fraction of sp³-hybridized carbons (Fsp3) is 0.333. The van der Waals surface area contributed by atoms with Crippen LogP contribution < -0.4 is 4.74 Å². The number of halogens is 3. The molecule has 0 amide bonds. The van der Waals surface area contributed by atoms with Crippen molar-refractivity contribution in [3.8, 4) is 5.75 Å². The second kappa shape index (κ2) is 9.62. The Morgan fingerprint density at radius 2 is 1.80 bits per heavy atom. The van der Waals surface area contributed by atoms with Crippen molar-refractivity contribution in [2.24, 2.45) is 0 Å². The van der Waals surface area contributed by atoms with Crippen LogP contribution in [0.15, 0.2) is 36.7 Å². The van der Waals surface area contributed by atoms with Crippen LogP contribution >= 0.6 is 0 Å². The molecular weight excluding hydrogens is 399 g/mol. The monoisotopic (exact) mass is 423 g/mol. The van der Waals surface area contributed by atoms with Gasteiger partial charge >= 0.3 is 12.1 Å². The number of carboxylic acid groups (broad SMARTS) is 1. The Bertz CT molecular complexity index is 992. The van der Waals surface area contributed by atoms with Crippen LogP contribution in [0, 0.1) is 13.8 Å². The highest BCUT2D eigenvalue weighted by Crippen LogP contribution is 2.25. The molecule has 0 aliphatic heterocycles. The van der Waals surface area contributed by atoms with Crippen LogP contribution in [0.1, 0.15) is 22.3 Å². The smallest absolute Gasteiger partial charge is 0.490 e. The molecule has 162 valence electrons. The molecule has 0 fully saturated rings. The highest BCUT2D eigenvalue weighted by atomic mass is 19.4. The number of aromatic nitrogens is 2. The Morgan fingerprint density at radius 1 is 1.20 bits per heavy atom. The molecule has 2 heterocycles. The fourth-order valence-corrected chi connectivity index (χ4v) is 3.27. The lowest BCUT2D eigenvalue weighted by Gasteiger charge is -2.19. The summed E-state index contributed by atoms with van der Waals surface area (Å²) in [4.78, 5) is 18.7. The van der Waals surface area contributed by atoms with E-state index < -0.39 is 12.1 Å². The number of carboxylic acids is 1. The number of methoxy groups -OCH3 is 1. The van der Waals surface area contributed by atoms with E-state index in [1.54, 1.807) is 7.11 Å². The summed E-state index contributed by atoms with van der Waals surface area (Å²) in [6, 6.07) is 8.60. The van der Waals surface area contributed by atoms with Crippen LogP contribution in [0.2, 0.25) is 0 Å². The van der Waals surface area contributed by atoms with Gasteiger partial charge in [-0.05, 0) is 55.3 Å². The van der Waals surface area contributed by atoms with Crippen LogP contribution in [0.25, 0.3) is 11.0 Å². The molecule has 0 atom stereocenters. The van der Waals surface area contributed by atoms with Crippen molar-refractivity contribution in [2.45, 2.75) is 33.1 Å². The number of aromatic amines is 1. The first-order valence-electron chi connectivity index (χ1n) is 9.06. The van der Waals surface area contributed by atoms with Gasteiger partial charge in [0.05, 0.1) is 7.11 Å². The Balaban J connectivity index is 0.000000396. The average Bonchev–Trinajstić information content (AvgIpc) is 3.11. The zero-order chi connectivity index (χ0) is 22.5. The summed E-state index contributed by atoms with van der Waals surface area (Å²) >= 11 is 0. The van der Waals surface area contributed by atoms with Crippen molar-refractivity contribution >= 4 is 17.0 Å². The fourth-order valence-electron chi connectivity index (χ4n) is 3.27. The Labute approximate surface area is 172 Å². The van der Waals surface area contributed by atoms with Gasteiger partial charge in [-0.3, -0.25) is 4.90 Å². The normalized spacial score (nSPS) is 11.3. The molecule has 1 aromatic carbocycles. The number of ether oxygens (including phenoxy) is 1. The van der Waals surface area contributed by atoms with Gasteiger partial charge in [-0.2, -0.15) is 13.2 Å². The van der Waals surface area contributed by atoms with Crippen molar-refractivity contribution in [3.05, 3.63) is 58.9 Å². The van der Waals surface area contributed by atoms with Gasteiger partial charge in [0.25, 0.3) is 0 Å². The number of hydrogen-bond donors (Lipinski definition) is 2. The number of pyridine rings is 1. The number of aliphatic carboxylic acids is 1. The summed E-state index contributed by atoms with van der Waals surface area (Å²) in [5.74, 6) is -1.77. The predicted molar refractivity (Wildman–Crippen MR) is 107 cm³/mol. The van der Waals surface area contributed by atoms with Gasteiger partial charge in [-0.25, -0.2) is 9.78 Å². The molecule has 0 aliphatic carbocycles. The molecule has 6 nitrogen and oxygen atoms in total. The second-order valence-electron chi connectivity index (χ2n) is 6.95. The minimum atomic E-state index is -5.08. The topological polar surface area (TPSA) is 78.5 Å². The molecule has 2 N–H and O–H groups in total. The summed E-state index contributed by atoms with van der Waals surface area (Å²) in [6.07, 6.45) is -1.28. The lowest BCUT2D eigenvalue weighted by Crippen LogP contribution is -2.21. The number of hydrogen-bond acceptors (Lipinski definition) is 4. The number of nitrogens with one attached hydrogen (secondary N) is 1. The number of nitrogens with zero attached hydrogens (tertiary/aromatic N) is 2. The lowest BCUT2D eigenvalue weighted by atomic mass is 10.0. The third-order valence-corrected chi connectivity index (χ3v) is 4.41. The van der Waals surface area contributed by atoms with E-state index in [1.165, 1.54) is 27.6 Å². The molecule has 0 saturated heterocycles. The van der Waals surface area contributed by atoms with Gasteiger partial charge in [-0.1, -0.05) is 12.1 Å². The van der Waals surface area contributed by atoms with Crippen LogP contribution in [0.3, 0.4) is 0 Å². The number of fused-ring (bicyclic) bond motifs is 1. The van der Waals surface area contributed by atoms with Gasteiger partial charge < -0.3 is 14.8 Å². The maximum absolute atomic E-state index is 10.6. The molecule has 0 bridgehead atoms. The number of carbonyl (C=O) groups is 1. The molecular formula is C21H24F3N3O3. The number of benzene rings is 1. The molecule has 0 radical (unpaired) electrons. The third-order valence-electron chi connectivity index (χ3n) is 4.41. The highest BCUT2D eigenvalue weighted by Gasteiger charge is 2.38. The van der Waals surface area contributed by atoms with E-state index >= 15 is 0 Å². The molecule has 3 aromatic rings. The summed E-state index contributed by atoms with van der Waals surface area (Å²) < 4.78 is 37.2. The maximum Gasteiger partial charge on any atom is 0.490 e. The second-order valence-corrected chi connectivity index (χ2v) is 6.95. The molecule has 9 heteroatoms. The number of H-pyrrole nitrogens is 1. The van der Waals surface area contributed by atoms with Crippen LogP contribution in [0.4, 0.5) is 13.2 Å². The molecule has 3 rings (SSSR count). The van der Waals surface area contributed by atoms with E-state index in [1.807, 2.05) is 12.4 Å². The van der Waals surface area contributed by atoms with Crippen molar-refractivity contribution in [1.29, 1.82) is 0 Å².